The fourth-order valence-corrected chi connectivity index (χ4v) is 4.34. The number of urea groups is 1. The molecule has 3 heterocycles. The number of imide groups is 1. The van der Waals surface area contributed by atoms with Crippen LogP contribution in [-0.4, -0.2) is 69.9 Å². The topological polar surface area (TPSA) is 132 Å². The molecule has 1 fully saturated rings. The molecule has 2 aromatic rings. The van der Waals surface area contributed by atoms with Crippen molar-refractivity contribution in [2.45, 2.75) is 31.8 Å². The van der Waals surface area contributed by atoms with E-state index in [1.54, 1.807) is 14.0 Å². The third kappa shape index (κ3) is 2.63. The third-order valence-corrected chi connectivity index (χ3v) is 5.98. The molecule has 158 valence electrons. The van der Waals surface area contributed by atoms with Gasteiger partial charge in [0.05, 0.1) is 12.8 Å². The Hall–Kier alpha value is -3.56. The number of H-pyrrole nitrogens is 1. The molecule has 4 rings (SSSR count). The molecule has 0 bridgehead atoms. The lowest BCUT2D eigenvalue weighted by molar-refractivity contribution is -0.140. The van der Waals surface area contributed by atoms with Gasteiger partial charge in [-0.2, -0.15) is 0 Å². The number of methoxy groups -OCH3 is 1. The Morgan fingerprint density at radius 1 is 1.37 bits per heavy atom. The molecular weight excluding hydrogens is 392 g/mol. The fraction of sp³-hybridized carbons (Fsp3) is 0.400. The predicted molar refractivity (Wildman–Crippen MR) is 105 cm³/mol. The maximum atomic E-state index is 13.4. The number of ether oxygens (including phenoxy) is 1. The molecule has 0 unspecified atom stereocenters. The van der Waals surface area contributed by atoms with E-state index in [1.807, 2.05) is 18.2 Å². The van der Waals surface area contributed by atoms with Crippen LogP contribution in [0.3, 0.4) is 0 Å². The van der Waals surface area contributed by atoms with E-state index in [4.69, 9.17) is 9.84 Å². The highest BCUT2D eigenvalue weighted by Gasteiger charge is 2.60. The highest BCUT2D eigenvalue weighted by molar-refractivity contribution is 6.11. The number of rotatable bonds is 5. The number of carboxylic acid groups (broad SMARTS) is 1. The van der Waals surface area contributed by atoms with E-state index in [-0.39, 0.29) is 0 Å². The minimum absolute atomic E-state index is 0.318. The van der Waals surface area contributed by atoms with Crippen molar-refractivity contribution in [3.8, 4) is 5.75 Å². The summed E-state index contributed by atoms with van der Waals surface area (Å²) in [5.74, 6) is -1.75. The van der Waals surface area contributed by atoms with Gasteiger partial charge in [0.2, 0.25) is 5.91 Å². The Bertz CT molecular complexity index is 1090. The van der Waals surface area contributed by atoms with Gasteiger partial charge in [-0.25, -0.2) is 9.69 Å². The van der Waals surface area contributed by atoms with Gasteiger partial charge in [0.15, 0.2) is 5.54 Å². The summed E-state index contributed by atoms with van der Waals surface area (Å²) in [4.78, 5) is 55.2. The standard InChI is InChI=1S/C20H22N4O6/c1-10(17(27)21-9-15(25)26)24-18(28)20(2)16-12(6-7-23(20)19(24)29)13-8-11(30-3)4-5-14(13)22-16/h4-5,8,10,22H,6-7,9H2,1-3H3,(H,21,27)(H,25,26)/t10-,20+/m0/s1. The molecule has 30 heavy (non-hydrogen) atoms. The highest BCUT2D eigenvalue weighted by atomic mass is 16.5. The molecule has 1 aromatic carbocycles. The number of hydrogen-bond donors (Lipinski definition) is 3. The molecule has 4 amide bonds. The van der Waals surface area contributed by atoms with Gasteiger partial charge < -0.3 is 25.0 Å². The van der Waals surface area contributed by atoms with E-state index in [0.29, 0.717) is 24.4 Å². The number of hydrogen-bond acceptors (Lipinski definition) is 5. The van der Waals surface area contributed by atoms with Crippen LogP contribution < -0.4 is 10.1 Å². The van der Waals surface area contributed by atoms with Gasteiger partial charge in [0.1, 0.15) is 18.3 Å². The van der Waals surface area contributed by atoms with Crippen LogP contribution in [0.2, 0.25) is 0 Å². The van der Waals surface area contributed by atoms with Gasteiger partial charge in [-0.05, 0) is 44.0 Å². The average molecular weight is 414 g/mol. The molecular formula is C20H22N4O6. The summed E-state index contributed by atoms with van der Waals surface area (Å²) in [6, 6.07) is 3.86. The van der Waals surface area contributed by atoms with E-state index in [9.17, 15) is 19.2 Å². The zero-order chi connectivity index (χ0) is 21.8. The minimum atomic E-state index is -1.28. The van der Waals surface area contributed by atoms with Gasteiger partial charge in [-0.15, -0.1) is 0 Å². The van der Waals surface area contributed by atoms with E-state index in [0.717, 1.165) is 21.4 Å². The van der Waals surface area contributed by atoms with E-state index in [2.05, 4.69) is 10.3 Å². The van der Waals surface area contributed by atoms with Crippen molar-refractivity contribution in [3.63, 3.8) is 0 Å². The fourth-order valence-electron chi connectivity index (χ4n) is 4.34. The zero-order valence-electron chi connectivity index (χ0n) is 16.8. The molecule has 10 nitrogen and oxygen atoms in total. The summed E-state index contributed by atoms with van der Waals surface area (Å²) < 4.78 is 5.31. The van der Waals surface area contributed by atoms with Crippen molar-refractivity contribution < 1.29 is 29.0 Å². The summed E-state index contributed by atoms with van der Waals surface area (Å²) in [5.41, 5.74) is 1.11. The van der Waals surface area contributed by atoms with Crippen molar-refractivity contribution >= 4 is 34.7 Å². The van der Waals surface area contributed by atoms with Crippen LogP contribution in [0.25, 0.3) is 10.9 Å². The highest BCUT2D eigenvalue weighted by Crippen LogP contribution is 2.45. The Kier molecular flexibility index (Phi) is 4.44. The second kappa shape index (κ2) is 6.75. The van der Waals surface area contributed by atoms with Gasteiger partial charge in [0, 0.05) is 17.4 Å². The molecule has 10 heteroatoms. The summed E-state index contributed by atoms with van der Waals surface area (Å²) >= 11 is 0. The van der Waals surface area contributed by atoms with Gasteiger partial charge >= 0.3 is 12.0 Å². The van der Waals surface area contributed by atoms with Gasteiger partial charge in [0.25, 0.3) is 5.91 Å². The molecule has 0 aliphatic carbocycles. The number of aromatic amines is 1. The van der Waals surface area contributed by atoms with E-state index >= 15 is 0 Å². The first kappa shape index (κ1) is 19.7. The van der Waals surface area contributed by atoms with Crippen LogP contribution in [0.4, 0.5) is 4.79 Å². The smallest absolute Gasteiger partial charge is 0.328 e. The average Bonchev–Trinajstić information content (AvgIpc) is 3.19. The number of aliphatic carboxylic acids is 1. The zero-order valence-corrected chi connectivity index (χ0v) is 16.8. The predicted octanol–water partition coefficient (Wildman–Crippen LogP) is 0.801. The van der Waals surface area contributed by atoms with Crippen LogP contribution in [0.5, 0.6) is 5.75 Å². The van der Waals surface area contributed by atoms with Crippen molar-refractivity contribution in [1.29, 1.82) is 0 Å². The lowest BCUT2D eigenvalue weighted by Gasteiger charge is -2.36. The number of amides is 4. The molecule has 2 aliphatic heterocycles. The van der Waals surface area contributed by atoms with Crippen molar-refractivity contribution in [2.24, 2.45) is 0 Å². The number of nitrogens with one attached hydrogen (secondary N) is 2. The molecule has 0 saturated carbocycles. The lowest BCUT2D eigenvalue weighted by Crippen LogP contribution is -2.50. The first-order chi connectivity index (χ1) is 14.2. The minimum Gasteiger partial charge on any atom is -0.497 e. The monoisotopic (exact) mass is 414 g/mol. The Morgan fingerprint density at radius 2 is 2.10 bits per heavy atom. The summed E-state index contributed by atoms with van der Waals surface area (Å²) in [5, 5.41) is 11.9. The first-order valence-corrected chi connectivity index (χ1v) is 9.54. The van der Waals surface area contributed by atoms with Crippen LogP contribution in [0, 0.1) is 0 Å². The lowest BCUT2D eigenvalue weighted by atomic mass is 9.87. The number of carboxylic acids is 1. The maximum Gasteiger partial charge on any atom is 0.328 e. The summed E-state index contributed by atoms with van der Waals surface area (Å²) in [6.07, 6.45) is 0.546. The van der Waals surface area contributed by atoms with Crippen LogP contribution in [0.1, 0.15) is 25.1 Å². The Morgan fingerprint density at radius 3 is 2.77 bits per heavy atom. The molecule has 0 radical (unpaired) electrons. The van der Waals surface area contributed by atoms with Gasteiger partial charge in [-0.1, -0.05) is 0 Å². The van der Waals surface area contributed by atoms with Crippen molar-refractivity contribution in [2.75, 3.05) is 20.2 Å². The number of carbonyl (C=O) groups excluding carboxylic acids is 3. The van der Waals surface area contributed by atoms with Crippen molar-refractivity contribution in [1.82, 2.24) is 20.1 Å². The molecule has 1 saturated heterocycles. The largest absolute Gasteiger partial charge is 0.497 e. The van der Waals surface area contributed by atoms with Crippen LogP contribution >= 0.6 is 0 Å². The Labute approximate surface area is 171 Å². The first-order valence-electron chi connectivity index (χ1n) is 9.54. The number of nitrogens with zero attached hydrogens (tertiary/aromatic N) is 2. The van der Waals surface area contributed by atoms with E-state index < -0.39 is 41.9 Å². The van der Waals surface area contributed by atoms with Crippen LogP contribution in [-0.2, 0) is 26.3 Å². The molecule has 2 atom stereocenters. The van der Waals surface area contributed by atoms with Gasteiger partial charge in [-0.3, -0.25) is 14.4 Å². The molecule has 1 aromatic heterocycles. The number of benzene rings is 1. The molecule has 2 aliphatic rings. The summed E-state index contributed by atoms with van der Waals surface area (Å²) in [6.45, 7) is 2.80. The maximum absolute atomic E-state index is 13.4. The normalized spacial score (nSPS) is 21.4. The number of aromatic nitrogens is 1. The quantitative estimate of drug-likeness (QED) is 0.620. The van der Waals surface area contributed by atoms with Crippen LogP contribution in [0.15, 0.2) is 18.2 Å². The molecule has 3 N–H and O–H groups in total. The third-order valence-electron chi connectivity index (χ3n) is 5.98. The summed E-state index contributed by atoms with van der Waals surface area (Å²) in [7, 11) is 1.58. The van der Waals surface area contributed by atoms with E-state index in [1.165, 1.54) is 11.8 Å². The SMILES string of the molecule is COc1ccc2[nH]c3c(c2c1)CCN1C(=O)N([C@@H](C)C(=O)NCC(=O)O)C(=O)[C@@]31C. The second-order valence-electron chi connectivity index (χ2n) is 7.61. The number of fused-ring (bicyclic) bond motifs is 5. The molecule has 0 spiro atoms. The second-order valence-corrected chi connectivity index (χ2v) is 7.61. The Balaban J connectivity index is 1.74. The number of carbonyl (C=O) groups is 4. The van der Waals surface area contributed by atoms with Crippen molar-refractivity contribution in [3.05, 3.63) is 29.5 Å².